The fourth-order valence-corrected chi connectivity index (χ4v) is 2.12. The van der Waals surface area contributed by atoms with E-state index in [1.807, 2.05) is 0 Å². The average Bonchev–Trinajstić information content (AvgIpc) is 2.49. The molecule has 1 N–H and O–H groups in total. The maximum Gasteiger partial charge on any atom is 0.209 e. The van der Waals surface area contributed by atoms with Gasteiger partial charge >= 0.3 is 0 Å². The Morgan fingerprint density at radius 1 is 1.45 bits per heavy atom. The molecule has 1 aliphatic heterocycles. The number of halogens is 1. The zero-order valence-corrected chi connectivity index (χ0v) is 11.3. The fraction of sp³-hybridized carbons (Fsp3) is 0.615. The Labute approximate surface area is 117 Å². The molecule has 0 aliphatic carbocycles. The summed E-state index contributed by atoms with van der Waals surface area (Å²) in [7, 11) is 0. The first-order valence-electron chi connectivity index (χ1n) is 6.70. The number of aromatic nitrogens is 2. The lowest BCUT2D eigenvalue weighted by Crippen LogP contribution is -2.47. The van der Waals surface area contributed by atoms with Crippen LogP contribution in [-0.4, -0.2) is 60.0 Å². The zero-order chi connectivity index (χ0) is 14.3. The van der Waals surface area contributed by atoms with E-state index in [1.165, 1.54) is 6.20 Å². The molecule has 2 rings (SSSR count). The predicted molar refractivity (Wildman–Crippen MR) is 71.1 cm³/mol. The van der Waals surface area contributed by atoms with Gasteiger partial charge in [0.05, 0.1) is 12.4 Å². The number of rotatable bonds is 7. The standard InChI is InChI=1S/C13H19FN4O2/c14-13(2-6-18(11-19)7-3-13)10-15-5-8-20-12-1-4-16-17-9-12/h1,4,9,11,15H,2-3,5-8,10H2. The van der Waals surface area contributed by atoms with Crippen LogP contribution in [-0.2, 0) is 4.79 Å². The van der Waals surface area contributed by atoms with E-state index in [1.54, 1.807) is 17.2 Å². The molecule has 7 heteroatoms. The van der Waals surface area contributed by atoms with Gasteiger partial charge in [-0.25, -0.2) is 4.39 Å². The summed E-state index contributed by atoms with van der Waals surface area (Å²) in [5, 5.41) is 10.4. The predicted octanol–water partition coefficient (Wildman–Crippen LogP) is 0.405. The summed E-state index contributed by atoms with van der Waals surface area (Å²) in [5.74, 6) is 0.649. The smallest absolute Gasteiger partial charge is 0.209 e. The highest BCUT2D eigenvalue weighted by molar-refractivity contribution is 5.47. The van der Waals surface area contributed by atoms with Crippen LogP contribution in [0, 0.1) is 0 Å². The van der Waals surface area contributed by atoms with E-state index in [0.717, 1.165) is 6.41 Å². The van der Waals surface area contributed by atoms with E-state index in [0.29, 0.717) is 44.8 Å². The average molecular weight is 282 g/mol. The molecule has 0 spiro atoms. The maximum absolute atomic E-state index is 14.4. The van der Waals surface area contributed by atoms with Crippen molar-refractivity contribution in [1.82, 2.24) is 20.4 Å². The van der Waals surface area contributed by atoms with E-state index < -0.39 is 5.67 Å². The molecule has 0 unspecified atom stereocenters. The molecule has 2 heterocycles. The number of nitrogens with one attached hydrogen (secondary N) is 1. The second-order valence-electron chi connectivity index (χ2n) is 4.90. The van der Waals surface area contributed by atoms with Crippen molar-refractivity contribution >= 4 is 6.41 Å². The maximum atomic E-state index is 14.4. The number of amides is 1. The molecule has 1 amide bonds. The van der Waals surface area contributed by atoms with Crippen LogP contribution < -0.4 is 10.1 Å². The van der Waals surface area contributed by atoms with Crippen LogP contribution in [0.25, 0.3) is 0 Å². The molecular weight excluding hydrogens is 263 g/mol. The minimum absolute atomic E-state index is 0.289. The summed E-state index contributed by atoms with van der Waals surface area (Å²) in [4.78, 5) is 12.2. The fourth-order valence-electron chi connectivity index (χ4n) is 2.12. The number of carbonyl (C=O) groups excluding carboxylic acids is 1. The van der Waals surface area contributed by atoms with E-state index >= 15 is 0 Å². The summed E-state index contributed by atoms with van der Waals surface area (Å²) in [5.41, 5.74) is -1.22. The van der Waals surface area contributed by atoms with Gasteiger partial charge in [-0.3, -0.25) is 4.79 Å². The summed E-state index contributed by atoms with van der Waals surface area (Å²) >= 11 is 0. The van der Waals surface area contributed by atoms with Gasteiger partial charge in [0.25, 0.3) is 0 Å². The summed E-state index contributed by atoms with van der Waals surface area (Å²) in [6.07, 6.45) is 4.64. The molecule has 1 fully saturated rings. The second-order valence-corrected chi connectivity index (χ2v) is 4.90. The lowest BCUT2D eigenvalue weighted by Gasteiger charge is -2.34. The van der Waals surface area contributed by atoms with Crippen molar-refractivity contribution in [3.63, 3.8) is 0 Å². The first-order valence-corrected chi connectivity index (χ1v) is 6.70. The third-order valence-corrected chi connectivity index (χ3v) is 3.39. The lowest BCUT2D eigenvalue weighted by atomic mass is 9.93. The van der Waals surface area contributed by atoms with Crippen LogP contribution in [0.4, 0.5) is 4.39 Å². The Kier molecular flexibility index (Phi) is 5.23. The van der Waals surface area contributed by atoms with Crippen LogP contribution in [0.2, 0.25) is 0 Å². The van der Waals surface area contributed by atoms with Gasteiger partial charge < -0.3 is 15.0 Å². The van der Waals surface area contributed by atoms with Crippen molar-refractivity contribution in [3.05, 3.63) is 18.5 Å². The van der Waals surface area contributed by atoms with Crippen molar-refractivity contribution in [2.45, 2.75) is 18.5 Å². The van der Waals surface area contributed by atoms with E-state index in [4.69, 9.17) is 4.74 Å². The van der Waals surface area contributed by atoms with Gasteiger partial charge in [-0.15, -0.1) is 0 Å². The van der Waals surface area contributed by atoms with Gasteiger partial charge in [-0.1, -0.05) is 0 Å². The molecular formula is C13H19FN4O2. The van der Waals surface area contributed by atoms with Gasteiger partial charge in [-0.2, -0.15) is 10.2 Å². The highest BCUT2D eigenvalue weighted by atomic mass is 19.1. The summed E-state index contributed by atoms with van der Waals surface area (Å²) in [6, 6.07) is 1.72. The van der Waals surface area contributed by atoms with Crippen molar-refractivity contribution in [2.24, 2.45) is 0 Å². The number of hydrogen-bond donors (Lipinski definition) is 1. The van der Waals surface area contributed by atoms with Crippen LogP contribution in [0.1, 0.15) is 12.8 Å². The molecule has 0 aromatic carbocycles. The normalized spacial score (nSPS) is 17.8. The van der Waals surface area contributed by atoms with Crippen molar-refractivity contribution in [1.29, 1.82) is 0 Å². The van der Waals surface area contributed by atoms with Crippen LogP contribution in [0.5, 0.6) is 5.75 Å². The quantitative estimate of drug-likeness (QED) is 0.579. The number of carbonyl (C=O) groups is 1. The SMILES string of the molecule is O=CN1CCC(F)(CNCCOc2ccnnc2)CC1. The molecule has 0 bridgehead atoms. The Morgan fingerprint density at radius 3 is 2.90 bits per heavy atom. The molecule has 1 saturated heterocycles. The highest BCUT2D eigenvalue weighted by Crippen LogP contribution is 2.25. The third kappa shape index (κ3) is 4.41. The molecule has 0 saturated carbocycles. The number of nitrogens with zero attached hydrogens (tertiary/aromatic N) is 3. The van der Waals surface area contributed by atoms with Crippen LogP contribution >= 0.6 is 0 Å². The second kappa shape index (κ2) is 7.14. The number of alkyl halides is 1. The molecule has 6 nitrogen and oxygen atoms in total. The minimum Gasteiger partial charge on any atom is -0.491 e. The molecule has 1 aromatic heterocycles. The van der Waals surface area contributed by atoms with Gasteiger partial charge in [-0.05, 0) is 0 Å². The number of piperidine rings is 1. The number of hydrogen-bond acceptors (Lipinski definition) is 5. The monoisotopic (exact) mass is 282 g/mol. The highest BCUT2D eigenvalue weighted by Gasteiger charge is 2.33. The van der Waals surface area contributed by atoms with E-state index in [-0.39, 0.29) is 6.54 Å². The van der Waals surface area contributed by atoms with Gasteiger partial charge in [0.1, 0.15) is 18.0 Å². The van der Waals surface area contributed by atoms with Gasteiger partial charge in [0, 0.05) is 45.1 Å². The van der Waals surface area contributed by atoms with Crippen molar-refractivity contribution < 1.29 is 13.9 Å². The molecule has 0 radical (unpaired) electrons. The van der Waals surface area contributed by atoms with E-state index in [9.17, 15) is 9.18 Å². The third-order valence-electron chi connectivity index (χ3n) is 3.39. The molecule has 110 valence electrons. The Hall–Kier alpha value is -1.76. The Balaban J connectivity index is 1.60. The molecule has 1 aromatic rings. The van der Waals surface area contributed by atoms with Gasteiger partial charge in [0.2, 0.25) is 6.41 Å². The first-order chi connectivity index (χ1) is 9.72. The summed E-state index contributed by atoms with van der Waals surface area (Å²) < 4.78 is 19.8. The van der Waals surface area contributed by atoms with Crippen LogP contribution in [0.3, 0.4) is 0 Å². The minimum atomic E-state index is -1.22. The molecule has 1 aliphatic rings. The lowest BCUT2D eigenvalue weighted by molar-refractivity contribution is -0.120. The first kappa shape index (κ1) is 14.6. The molecule has 0 atom stereocenters. The zero-order valence-electron chi connectivity index (χ0n) is 11.3. The largest absolute Gasteiger partial charge is 0.491 e. The van der Waals surface area contributed by atoms with E-state index in [2.05, 4.69) is 15.5 Å². The Morgan fingerprint density at radius 2 is 2.25 bits per heavy atom. The Bertz CT molecular complexity index is 410. The summed E-state index contributed by atoms with van der Waals surface area (Å²) in [6.45, 7) is 2.27. The number of likely N-dealkylation sites (tertiary alicyclic amines) is 1. The topological polar surface area (TPSA) is 67.4 Å². The number of ether oxygens (including phenoxy) is 1. The van der Waals surface area contributed by atoms with Crippen molar-refractivity contribution in [2.75, 3.05) is 32.8 Å². The van der Waals surface area contributed by atoms with Gasteiger partial charge in [0.15, 0.2) is 0 Å². The van der Waals surface area contributed by atoms with Crippen LogP contribution in [0.15, 0.2) is 18.5 Å². The van der Waals surface area contributed by atoms with Crippen molar-refractivity contribution in [3.8, 4) is 5.75 Å². The molecule has 20 heavy (non-hydrogen) atoms.